The molecule has 3 rings (SSSR count). The lowest BCUT2D eigenvalue weighted by Crippen LogP contribution is -2.44. The van der Waals surface area contributed by atoms with Crippen molar-refractivity contribution in [2.75, 3.05) is 32.8 Å². The molecule has 1 aromatic rings. The van der Waals surface area contributed by atoms with E-state index < -0.39 is 0 Å². The Morgan fingerprint density at radius 2 is 1.77 bits per heavy atom. The first-order valence-electron chi connectivity index (χ1n) is 8.87. The first-order chi connectivity index (χ1) is 10.7. The van der Waals surface area contributed by atoms with Gasteiger partial charge in [0.1, 0.15) is 12.4 Å². The molecule has 1 aliphatic heterocycles. The van der Waals surface area contributed by atoms with Gasteiger partial charge in [-0.1, -0.05) is 18.2 Å². The number of likely N-dealkylation sites (tertiary alicyclic amines) is 1. The zero-order valence-electron chi connectivity index (χ0n) is 14.1. The number of nitrogens with zero attached hydrogens (tertiary/aromatic N) is 1. The number of para-hydroxylation sites is 1. The molecule has 1 N–H and O–H groups in total. The molecule has 122 valence electrons. The summed E-state index contributed by atoms with van der Waals surface area (Å²) < 4.78 is 6.03. The van der Waals surface area contributed by atoms with Crippen molar-refractivity contribution in [3.8, 4) is 5.75 Å². The number of benzene rings is 1. The van der Waals surface area contributed by atoms with Crippen LogP contribution in [0.1, 0.15) is 36.8 Å². The minimum Gasteiger partial charge on any atom is -0.492 e. The third-order valence-electron chi connectivity index (χ3n) is 5.04. The van der Waals surface area contributed by atoms with Gasteiger partial charge in [-0.2, -0.15) is 0 Å². The van der Waals surface area contributed by atoms with Crippen molar-refractivity contribution in [3.63, 3.8) is 0 Å². The average Bonchev–Trinajstić information content (AvgIpc) is 3.34. The summed E-state index contributed by atoms with van der Waals surface area (Å²) in [6.45, 7) is 9.75. The number of hydrogen-bond acceptors (Lipinski definition) is 3. The van der Waals surface area contributed by atoms with Crippen LogP contribution in [0.15, 0.2) is 18.2 Å². The van der Waals surface area contributed by atoms with Crippen molar-refractivity contribution in [1.82, 2.24) is 10.2 Å². The molecule has 0 unspecified atom stereocenters. The summed E-state index contributed by atoms with van der Waals surface area (Å²) in [4.78, 5) is 2.54. The van der Waals surface area contributed by atoms with Gasteiger partial charge in [-0.25, -0.2) is 0 Å². The highest BCUT2D eigenvalue weighted by Crippen LogP contribution is 2.28. The summed E-state index contributed by atoms with van der Waals surface area (Å²) in [6, 6.07) is 7.09. The maximum atomic E-state index is 6.03. The molecule has 0 spiro atoms. The summed E-state index contributed by atoms with van der Waals surface area (Å²) in [5.74, 6) is 2.06. The molecule has 2 fully saturated rings. The quantitative estimate of drug-likeness (QED) is 0.837. The van der Waals surface area contributed by atoms with Crippen molar-refractivity contribution in [2.45, 2.75) is 45.6 Å². The minimum absolute atomic E-state index is 0.747. The van der Waals surface area contributed by atoms with Crippen LogP contribution in [0.2, 0.25) is 0 Å². The molecule has 0 bridgehead atoms. The van der Waals surface area contributed by atoms with Gasteiger partial charge in [0.2, 0.25) is 0 Å². The molecule has 1 aliphatic carbocycles. The summed E-state index contributed by atoms with van der Waals surface area (Å²) >= 11 is 0. The molecule has 2 aliphatic rings. The van der Waals surface area contributed by atoms with Crippen molar-refractivity contribution in [2.24, 2.45) is 5.92 Å². The molecule has 0 atom stereocenters. The van der Waals surface area contributed by atoms with Crippen LogP contribution in [0.4, 0.5) is 0 Å². The SMILES string of the molecule is Cc1cccc(C)c1OCCN1CCC(NCC2CC2)CC1. The Bertz CT molecular complexity index is 456. The fourth-order valence-electron chi connectivity index (χ4n) is 3.32. The second-order valence-electron chi connectivity index (χ2n) is 7.04. The summed E-state index contributed by atoms with van der Waals surface area (Å²) in [5, 5.41) is 3.74. The van der Waals surface area contributed by atoms with Crippen molar-refractivity contribution in [1.29, 1.82) is 0 Å². The third kappa shape index (κ3) is 4.47. The van der Waals surface area contributed by atoms with Gasteiger partial charge in [0.15, 0.2) is 0 Å². The summed E-state index contributed by atoms with van der Waals surface area (Å²) in [5.41, 5.74) is 2.48. The Balaban J connectivity index is 1.34. The number of piperidine rings is 1. The Morgan fingerprint density at radius 1 is 1.09 bits per heavy atom. The van der Waals surface area contributed by atoms with Crippen molar-refractivity contribution in [3.05, 3.63) is 29.3 Å². The van der Waals surface area contributed by atoms with E-state index in [9.17, 15) is 0 Å². The first-order valence-corrected chi connectivity index (χ1v) is 8.87. The van der Waals surface area contributed by atoms with Crippen LogP contribution in [0.3, 0.4) is 0 Å². The molecular formula is C19H30N2O. The lowest BCUT2D eigenvalue weighted by Gasteiger charge is -2.32. The molecular weight excluding hydrogens is 272 g/mol. The van der Waals surface area contributed by atoms with Crippen molar-refractivity contribution < 1.29 is 4.74 Å². The van der Waals surface area contributed by atoms with Crippen LogP contribution in [-0.2, 0) is 0 Å². The molecule has 1 heterocycles. The number of ether oxygens (including phenoxy) is 1. The van der Waals surface area contributed by atoms with Gasteiger partial charge in [-0.15, -0.1) is 0 Å². The Hall–Kier alpha value is -1.06. The van der Waals surface area contributed by atoms with E-state index in [1.807, 2.05) is 0 Å². The largest absolute Gasteiger partial charge is 0.492 e. The molecule has 0 aromatic heterocycles. The highest BCUT2D eigenvalue weighted by atomic mass is 16.5. The third-order valence-corrected chi connectivity index (χ3v) is 5.04. The molecule has 1 saturated heterocycles. The standard InChI is InChI=1S/C19H30N2O/c1-15-4-3-5-16(2)19(15)22-13-12-21-10-8-18(9-11-21)20-14-17-6-7-17/h3-5,17-18,20H,6-14H2,1-2H3. The van der Waals surface area contributed by atoms with Crippen LogP contribution in [0, 0.1) is 19.8 Å². The lowest BCUT2D eigenvalue weighted by molar-refractivity contribution is 0.164. The lowest BCUT2D eigenvalue weighted by atomic mass is 10.0. The highest BCUT2D eigenvalue weighted by Gasteiger charge is 2.24. The van der Waals surface area contributed by atoms with E-state index in [1.165, 1.54) is 56.4 Å². The van der Waals surface area contributed by atoms with Gasteiger partial charge in [0.05, 0.1) is 0 Å². The van der Waals surface area contributed by atoms with E-state index >= 15 is 0 Å². The number of hydrogen-bond donors (Lipinski definition) is 1. The fourth-order valence-corrected chi connectivity index (χ4v) is 3.32. The Kier molecular flexibility index (Phi) is 5.37. The maximum absolute atomic E-state index is 6.03. The molecule has 3 nitrogen and oxygen atoms in total. The Morgan fingerprint density at radius 3 is 2.41 bits per heavy atom. The van der Waals surface area contributed by atoms with E-state index in [4.69, 9.17) is 4.74 Å². The van der Waals surface area contributed by atoms with Crippen LogP contribution in [0.25, 0.3) is 0 Å². The zero-order chi connectivity index (χ0) is 15.4. The second-order valence-corrected chi connectivity index (χ2v) is 7.04. The summed E-state index contributed by atoms with van der Waals surface area (Å²) in [6.07, 6.45) is 5.47. The molecule has 0 amide bonds. The maximum Gasteiger partial charge on any atom is 0.125 e. The van der Waals surface area contributed by atoms with E-state index in [1.54, 1.807) is 0 Å². The van der Waals surface area contributed by atoms with E-state index in [-0.39, 0.29) is 0 Å². The predicted octanol–water partition coefficient (Wildman–Crippen LogP) is 3.15. The van der Waals surface area contributed by atoms with Gasteiger partial charge in [0, 0.05) is 12.6 Å². The van der Waals surface area contributed by atoms with Gasteiger partial charge in [0.25, 0.3) is 0 Å². The molecule has 1 aromatic carbocycles. The van der Waals surface area contributed by atoms with Crippen LogP contribution in [0.5, 0.6) is 5.75 Å². The van der Waals surface area contributed by atoms with Gasteiger partial charge < -0.3 is 10.1 Å². The van der Waals surface area contributed by atoms with Crippen LogP contribution >= 0.6 is 0 Å². The number of nitrogens with one attached hydrogen (secondary N) is 1. The smallest absolute Gasteiger partial charge is 0.125 e. The Labute approximate surface area is 135 Å². The topological polar surface area (TPSA) is 24.5 Å². The average molecular weight is 302 g/mol. The van der Waals surface area contributed by atoms with E-state index in [2.05, 4.69) is 42.3 Å². The fraction of sp³-hybridized carbons (Fsp3) is 0.684. The number of rotatable bonds is 7. The van der Waals surface area contributed by atoms with Gasteiger partial charge >= 0.3 is 0 Å². The predicted molar refractivity (Wildman–Crippen MR) is 91.6 cm³/mol. The van der Waals surface area contributed by atoms with Gasteiger partial charge in [-0.05, 0) is 76.2 Å². The molecule has 22 heavy (non-hydrogen) atoms. The molecule has 1 saturated carbocycles. The summed E-state index contributed by atoms with van der Waals surface area (Å²) in [7, 11) is 0. The normalized spacial score (nSPS) is 20.3. The first kappa shape index (κ1) is 15.8. The van der Waals surface area contributed by atoms with Crippen LogP contribution < -0.4 is 10.1 Å². The minimum atomic E-state index is 0.747. The second kappa shape index (κ2) is 7.47. The molecule has 0 radical (unpaired) electrons. The van der Waals surface area contributed by atoms with E-state index in [0.717, 1.165) is 30.9 Å². The van der Waals surface area contributed by atoms with Gasteiger partial charge in [-0.3, -0.25) is 4.90 Å². The number of aryl methyl sites for hydroxylation is 2. The molecule has 3 heteroatoms. The highest BCUT2D eigenvalue weighted by molar-refractivity contribution is 5.39. The van der Waals surface area contributed by atoms with Crippen LogP contribution in [-0.4, -0.2) is 43.7 Å². The van der Waals surface area contributed by atoms with Crippen molar-refractivity contribution >= 4 is 0 Å². The zero-order valence-corrected chi connectivity index (χ0v) is 14.1. The monoisotopic (exact) mass is 302 g/mol. The van der Waals surface area contributed by atoms with E-state index in [0.29, 0.717) is 0 Å².